The smallest absolute Gasteiger partial charge is 0.433 e. The number of halogens is 3. The number of rotatable bonds is 4. The Bertz CT molecular complexity index is 1260. The number of ether oxygens (including phenoxy) is 1. The van der Waals surface area contributed by atoms with E-state index in [2.05, 4.69) is 25.6 Å². The normalized spacial score (nSPS) is 15.4. The van der Waals surface area contributed by atoms with Crippen molar-refractivity contribution in [3.63, 3.8) is 0 Å². The van der Waals surface area contributed by atoms with Gasteiger partial charge in [0.2, 0.25) is 5.95 Å². The fraction of sp³-hybridized carbons (Fsp3) is 0.136. The molecule has 2 N–H and O–H groups in total. The van der Waals surface area contributed by atoms with Crippen molar-refractivity contribution in [3.8, 4) is 5.75 Å². The van der Waals surface area contributed by atoms with Gasteiger partial charge in [-0.1, -0.05) is 18.2 Å². The molecule has 0 saturated carbocycles. The minimum atomic E-state index is -4.53. The van der Waals surface area contributed by atoms with Crippen molar-refractivity contribution in [1.82, 2.24) is 15.0 Å². The molecule has 0 bridgehead atoms. The Kier molecular flexibility index (Phi) is 4.58. The summed E-state index contributed by atoms with van der Waals surface area (Å²) in [4.78, 5) is 12.0. The van der Waals surface area contributed by atoms with Crippen LogP contribution in [0.25, 0.3) is 10.9 Å². The Morgan fingerprint density at radius 2 is 1.84 bits per heavy atom. The highest BCUT2D eigenvalue weighted by molar-refractivity contribution is 5.84. The van der Waals surface area contributed by atoms with Crippen LogP contribution in [0.1, 0.15) is 17.3 Å². The summed E-state index contributed by atoms with van der Waals surface area (Å²) < 4.78 is 44.2. The van der Waals surface area contributed by atoms with E-state index in [4.69, 9.17) is 4.74 Å². The molecule has 1 atom stereocenters. The van der Waals surface area contributed by atoms with Crippen molar-refractivity contribution in [2.24, 2.45) is 0 Å². The molecule has 31 heavy (non-hydrogen) atoms. The van der Waals surface area contributed by atoms with E-state index < -0.39 is 11.9 Å². The van der Waals surface area contributed by atoms with Crippen LogP contribution in [0.15, 0.2) is 66.9 Å². The van der Waals surface area contributed by atoms with Crippen LogP contribution in [0.4, 0.5) is 30.6 Å². The van der Waals surface area contributed by atoms with Gasteiger partial charge in [0.05, 0.1) is 11.6 Å². The molecule has 1 aliphatic heterocycles. The lowest BCUT2D eigenvalue weighted by molar-refractivity contribution is -0.141. The number of anilines is 3. The van der Waals surface area contributed by atoms with Gasteiger partial charge in [-0.15, -0.1) is 0 Å². The maximum atomic E-state index is 12.8. The molecular formula is C22H16F3N5O. The number of benzene rings is 2. The topological polar surface area (TPSA) is 72.0 Å². The van der Waals surface area contributed by atoms with Crippen molar-refractivity contribution in [2.45, 2.75) is 12.2 Å². The summed E-state index contributed by atoms with van der Waals surface area (Å²) in [6, 6.07) is 17.7. The molecule has 9 heteroatoms. The Balaban J connectivity index is 1.35. The van der Waals surface area contributed by atoms with Crippen molar-refractivity contribution in [1.29, 1.82) is 0 Å². The molecule has 4 aromatic rings. The second kappa shape index (κ2) is 7.42. The number of pyridine rings is 1. The summed E-state index contributed by atoms with van der Waals surface area (Å²) in [6.45, 7) is 0.527. The second-order valence-corrected chi connectivity index (χ2v) is 7.04. The van der Waals surface area contributed by atoms with Crippen LogP contribution in [-0.2, 0) is 6.18 Å². The molecule has 1 aliphatic rings. The van der Waals surface area contributed by atoms with Crippen LogP contribution >= 0.6 is 0 Å². The van der Waals surface area contributed by atoms with E-state index in [1.807, 2.05) is 36.4 Å². The van der Waals surface area contributed by atoms with Gasteiger partial charge in [0.25, 0.3) is 0 Å². The van der Waals surface area contributed by atoms with Crippen LogP contribution in [0.3, 0.4) is 0 Å². The van der Waals surface area contributed by atoms with Crippen molar-refractivity contribution < 1.29 is 17.9 Å². The van der Waals surface area contributed by atoms with Crippen LogP contribution in [-0.4, -0.2) is 21.6 Å². The zero-order chi connectivity index (χ0) is 21.4. The minimum absolute atomic E-state index is 0.0140. The van der Waals surface area contributed by atoms with Crippen LogP contribution in [0.5, 0.6) is 5.75 Å². The highest BCUT2D eigenvalue weighted by Gasteiger charge is 2.32. The monoisotopic (exact) mass is 423 g/mol. The van der Waals surface area contributed by atoms with Crippen molar-refractivity contribution >= 4 is 28.4 Å². The predicted molar refractivity (Wildman–Crippen MR) is 110 cm³/mol. The van der Waals surface area contributed by atoms with Crippen molar-refractivity contribution in [2.75, 3.05) is 17.2 Å². The Morgan fingerprint density at radius 3 is 2.71 bits per heavy atom. The number of fused-ring (bicyclic) bond motifs is 2. The molecule has 0 saturated heterocycles. The highest BCUT2D eigenvalue weighted by Crippen LogP contribution is 2.34. The Morgan fingerprint density at radius 1 is 0.968 bits per heavy atom. The predicted octanol–water partition coefficient (Wildman–Crippen LogP) is 5.33. The van der Waals surface area contributed by atoms with Gasteiger partial charge in [0.15, 0.2) is 0 Å². The molecule has 0 fully saturated rings. The number of hydrogen-bond acceptors (Lipinski definition) is 6. The maximum Gasteiger partial charge on any atom is 0.433 e. The van der Waals surface area contributed by atoms with Gasteiger partial charge in [-0.05, 0) is 42.5 Å². The fourth-order valence-electron chi connectivity index (χ4n) is 3.45. The number of alkyl halides is 3. The molecule has 0 amide bonds. The number of hydrogen-bond donors (Lipinski definition) is 2. The molecule has 156 valence electrons. The fourth-order valence-corrected chi connectivity index (χ4v) is 3.45. The van der Waals surface area contributed by atoms with Crippen LogP contribution in [0, 0.1) is 0 Å². The van der Waals surface area contributed by atoms with E-state index in [-0.39, 0.29) is 12.0 Å². The number of nitrogens with zero attached hydrogens (tertiary/aromatic N) is 3. The first-order chi connectivity index (χ1) is 15.0. The molecule has 2 aromatic carbocycles. The first kappa shape index (κ1) is 19.1. The SMILES string of the molecule is FC(F)(F)c1ccnc(Nc2ccc3nc(NC4COc5ccccc54)ccc3c2)n1. The van der Waals surface area contributed by atoms with Gasteiger partial charge in [-0.3, -0.25) is 0 Å². The van der Waals surface area contributed by atoms with E-state index in [9.17, 15) is 13.2 Å². The Hall–Kier alpha value is -3.88. The lowest BCUT2D eigenvalue weighted by Crippen LogP contribution is -2.12. The zero-order valence-corrected chi connectivity index (χ0v) is 16.0. The van der Waals surface area contributed by atoms with Gasteiger partial charge in [0.1, 0.15) is 23.9 Å². The average molecular weight is 423 g/mol. The molecule has 0 aliphatic carbocycles. The average Bonchev–Trinajstić information content (AvgIpc) is 3.16. The minimum Gasteiger partial charge on any atom is -0.491 e. The van der Waals surface area contributed by atoms with E-state index >= 15 is 0 Å². The molecule has 2 aromatic heterocycles. The van der Waals surface area contributed by atoms with Crippen LogP contribution < -0.4 is 15.4 Å². The third-order valence-corrected chi connectivity index (χ3v) is 4.91. The summed E-state index contributed by atoms with van der Waals surface area (Å²) in [5.41, 5.74) is 1.39. The molecule has 0 radical (unpaired) electrons. The summed E-state index contributed by atoms with van der Waals surface area (Å²) in [6.07, 6.45) is -3.45. The standard InChI is InChI=1S/C22H16F3N5O/c23-22(24,25)19-9-10-26-21(30-19)27-14-6-7-16-13(11-14)5-8-20(28-16)29-17-12-31-18-4-2-1-3-15(17)18/h1-11,17H,12H2,(H,28,29)(H,26,27,30). The van der Waals surface area contributed by atoms with Gasteiger partial charge in [0, 0.05) is 22.8 Å². The van der Waals surface area contributed by atoms with Gasteiger partial charge in [-0.25, -0.2) is 15.0 Å². The lowest BCUT2D eigenvalue weighted by atomic mass is 10.1. The first-order valence-electron chi connectivity index (χ1n) is 9.52. The van der Waals surface area contributed by atoms with E-state index in [1.54, 1.807) is 18.2 Å². The largest absolute Gasteiger partial charge is 0.491 e. The van der Waals surface area contributed by atoms with Crippen molar-refractivity contribution in [3.05, 3.63) is 78.1 Å². The van der Waals surface area contributed by atoms with Gasteiger partial charge < -0.3 is 15.4 Å². The quantitative estimate of drug-likeness (QED) is 0.462. The highest BCUT2D eigenvalue weighted by atomic mass is 19.4. The third-order valence-electron chi connectivity index (χ3n) is 4.91. The lowest BCUT2D eigenvalue weighted by Gasteiger charge is -2.13. The van der Waals surface area contributed by atoms with Gasteiger partial charge in [-0.2, -0.15) is 13.2 Å². The zero-order valence-electron chi connectivity index (χ0n) is 16.0. The van der Waals surface area contributed by atoms with E-state index in [0.29, 0.717) is 18.1 Å². The van der Waals surface area contributed by atoms with E-state index in [1.165, 1.54) is 0 Å². The number of aromatic nitrogens is 3. The van der Waals surface area contributed by atoms with Crippen LogP contribution in [0.2, 0.25) is 0 Å². The number of nitrogens with one attached hydrogen (secondary N) is 2. The van der Waals surface area contributed by atoms with Gasteiger partial charge >= 0.3 is 6.18 Å². The summed E-state index contributed by atoms with van der Waals surface area (Å²) >= 11 is 0. The molecule has 5 rings (SSSR count). The van der Waals surface area contributed by atoms with E-state index in [0.717, 1.165) is 34.5 Å². The molecule has 0 spiro atoms. The summed E-state index contributed by atoms with van der Waals surface area (Å²) in [5, 5.41) is 7.02. The third kappa shape index (κ3) is 3.94. The molecular weight excluding hydrogens is 407 g/mol. The second-order valence-electron chi connectivity index (χ2n) is 7.04. The number of para-hydroxylation sites is 1. The molecule has 1 unspecified atom stereocenters. The summed E-state index contributed by atoms with van der Waals surface area (Å²) in [5.74, 6) is 1.45. The maximum absolute atomic E-state index is 12.8. The first-order valence-corrected chi connectivity index (χ1v) is 9.52. The molecule has 3 heterocycles. The summed E-state index contributed by atoms with van der Waals surface area (Å²) in [7, 11) is 0. The molecule has 6 nitrogen and oxygen atoms in total. The Labute approximate surface area is 175 Å².